The molecule has 17 heavy (non-hydrogen) atoms. The number of hydrogen-bond donors (Lipinski definition) is 1. The van der Waals surface area contributed by atoms with Gasteiger partial charge in [0.05, 0.1) is 0 Å². The molecule has 0 saturated heterocycles. The summed E-state index contributed by atoms with van der Waals surface area (Å²) >= 11 is 0. The summed E-state index contributed by atoms with van der Waals surface area (Å²) < 4.78 is 0. The second-order valence-electron chi connectivity index (χ2n) is 6.41. The van der Waals surface area contributed by atoms with E-state index in [1.165, 1.54) is 0 Å². The van der Waals surface area contributed by atoms with E-state index < -0.39 is 0 Å². The fourth-order valence-corrected chi connectivity index (χ4v) is 2.30. The Bertz CT molecular complexity index is 196. The molecule has 0 aliphatic rings. The minimum Gasteiger partial charge on any atom is -0.315 e. The Kier molecular flexibility index (Phi) is 7.29. The van der Waals surface area contributed by atoms with Crippen LogP contribution in [0.4, 0.5) is 0 Å². The second kappa shape index (κ2) is 7.34. The standard InChI is InChI=1S/C14H33N3/c1-9-17(12(2)10-16(7)8)11-13(15-6)14(3,4)5/h12-13,15H,9-11H2,1-8H3. The van der Waals surface area contributed by atoms with E-state index in [0.29, 0.717) is 17.5 Å². The van der Waals surface area contributed by atoms with Gasteiger partial charge < -0.3 is 10.2 Å². The number of hydrogen-bond acceptors (Lipinski definition) is 3. The molecule has 1 N–H and O–H groups in total. The first-order chi connectivity index (χ1) is 7.72. The summed E-state index contributed by atoms with van der Waals surface area (Å²) in [6.45, 7) is 14.8. The van der Waals surface area contributed by atoms with Crippen molar-refractivity contribution in [2.24, 2.45) is 5.41 Å². The minimum absolute atomic E-state index is 0.306. The predicted molar refractivity (Wildman–Crippen MR) is 77.6 cm³/mol. The van der Waals surface area contributed by atoms with Gasteiger partial charge in [0.25, 0.3) is 0 Å². The van der Waals surface area contributed by atoms with Crippen LogP contribution in [0.1, 0.15) is 34.6 Å². The maximum atomic E-state index is 3.46. The lowest BCUT2D eigenvalue weighted by Crippen LogP contribution is -2.51. The van der Waals surface area contributed by atoms with Gasteiger partial charge in [-0.25, -0.2) is 0 Å². The summed E-state index contributed by atoms with van der Waals surface area (Å²) in [5.41, 5.74) is 0.306. The summed E-state index contributed by atoms with van der Waals surface area (Å²) in [6, 6.07) is 1.14. The van der Waals surface area contributed by atoms with E-state index in [1.807, 2.05) is 0 Å². The van der Waals surface area contributed by atoms with Crippen molar-refractivity contribution in [3.63, 3.8) is 0 Å². The van der Waals surface area contributed by atoms with E-state index in [2.05, 4.69) is 70.9 Å². The largest absolute Gasteiger partial charge is 0.315 e. The molecule has 2 unspecified atom stereocenters. The number of rotatable bonds is 7. The quantitative estimate of drug-likeness (QED) is 0.737. The van der Waals surface area contributed by atoms with E-state index >= 15 is 0 Å². The molecule has 0 rings (SSSR count). The van der Waals surface area contributed by atoms with Crippen LogP contribution in [0.25, 0.3) is 0 Å². The highest BCUT2D eigenvalue weighted by Gasteiger charge is 2.26. The molecular formula is C14H33N3. The third-order valence-electron chi connectivity index (χ3n) is 3.47. The molecular weight excluding hydrogens is 210 g/mol. The molecule has 0 aromatic carbocycles. The smallest absolute Gasteiger partial charge is 0.0240 e. The van der Waals surface area contributed by atoms with E-state index in [9.17, 15) is 0 Å². The van der Waals surface area contributed by atoms with Gasteiger partial charge in [-0.3, -0.25) is 4.90 Å². The number of likely N-dealkylation sites (N-methyl/N-ethyl adjacent to an activating group) is 3. The van der Waals surface area contributed by atoms with Crippen molar-refractivity contribution < 1.29 is 0 Å². The molecule has 2 atom stereocenters. The summed E-state index contributed by atoms with van der Waals surface area (Å²) in [6.07, 6.45) is 0. The zero-order valence-electron chi connectivity index (χ0n) is 13.2. The lowest BCUT2D eigenvalue weighted by molar-refractivity contribution is 0.132. The van der Waals surface area contributed by atoms with E-state index in [0.717, 1.165) is 19.6 Å². The first-order valence-electron chi connectivity index (χ1n) is 6.78. The van der Waals surface area contributed by atoms with Gasteiger partial charge in [0.1, 0.15) is 0 Å². The van der Waals surface area contributed by atoms with Gasteiger partial charge in [0, 0.05) is 25.2 Å². The first-order valence-corrected chi connectivity index (χ1v) is 6.78. The fraction of sp³-hybridized carbons (Fsp3) is 1.00. The average Bonchev–Trinajstić information content (AvgIpc) is 2.15. The molecule has 0 heterocycles. The molecule has 0 amide bonds. The molecule has 3 heteroatoms. The molecule has 0 aromatic heterocycles. The van der Waals surface area contributed by atoms with Crippen LogP contribution in [0.2, 0.25) is 0 Å². The molecule has 0 aliphatic carbocycles. The summed E-state index contributed by atoms with van der Waals surface area (Å²) in [5, 5.41) is 3.46. The zero-order chi connectivity index (χ0) is 13.6. The zero-order valence-corrected chi connectivity index (χ0v) is 13.2. The molecule has 0 fully saturated rings. The van der Waals surface area contributed by atoms with Crippen molar-refractivity contribution in [3.8, 4) is 0 Å². The highest BCUT2D eigenvalue weighted by Crippen LogP contribution is 2.20. The van der Waals surface area contributed by atoms with Crippen molar-refractivity contribution in [1.29, 1.82) is 0 Å². The molecule has 0 bridgehead atoms. The van der Waals surface area contributed by atoms with Crippen LogP contribution in [0.3, 0.4) is 0 Å². The molecule has 104 valence electrons. The van der Waals surface area contributed by atoms with Crippen LogP contribution in [0.15, 0.2) is 0 Å². The third kappa shape index (κ3) is 6.39. The molecule has 0 spiro atoms. The van der Waals surface area contributed by atoms with Crippen LogP contribution in [0, 0.1) is 5.41 Å². The summed E-state index contributed by atoms with van der Waals surface area (Å²) in [4.78, 5) is 4.82. The Labute approximate surface area is 109 Å². The predicted octanol–water partition coefficient (Wildman–Crippen LogP) is 1.89. The van der Waals surface area contributed by atoms with Gasteiger partial charge in [-0.15, -0.1) is 0 Å². The van der Waals surface area contributed by atoms with Gasteiger partial charge in [-0.05, 0) is 40.0 Å². The maximum absolute atomic E-state index is 3.46. The highest BCUT2D eigenvalue weighted by molar-refractivity contribution is 4.84. The molecule has 0 aromatic rings. The molecule has 0 saturated carbocycles. The van der Waals surface area contributed by atoms with Crippen LogP contribution in [0.5, 0.6) is 0 Å². The lowest BCUT2D eigenvalue weighted by Gasteiger charge is -2.38. The lowest BCUT2D eigenvalue weighted by atomic mass is 9.86. The highest BCUT2D eigenvalue weighted by atomic mass is 15.2. The minimum atomic E-state index is 0.306. The van der Waals surface area contributed by atoms with Crippen molar-refractivity contribution in [2.75, 3.05) is 40.8 Å². The van der Waals surface area contributed by atoms with Crippen molar-refractivity contribution in [3.05, 3.63) is 0 Å². The van der Waals surface area contributed by atoms with Gasteiger partial charge in [-0.1, -0.05) is 27.7 Å². The molecule has 0 aliphatic heterocycles. The first kappa shape index (κ1) is 16.9. The van der Waals surface area contributed by atoms with Crippen molar-refractivity contribution in [2.45, 2.75) is 46.7 Å². The Morgan fingerprint density at radius 3 is 1.94 bits per heavy atom. The SMILES string of the molecule is CCN(CC(NC)C(C)(C)C)C(C)CN(C)C. The average molecular weight is 243 g/mol. The van der Waals surface area contributed by atoms with Gasteiger partial charge in [0.15, 0.2) is 0 Å². The molecule has 3 nitrogen and oxygen atoms in total. The van der Waals surface area contributed by atoms with Crippen LogP contribution in [-0.4, -0.2) is 62.7 Å². The Hall–Kier alpha value is -0.120. The second-order valence-corrected chi connectivity index (χ2v) is 6.41. The Morgan fingerprint density at radius 1 is 1.12 bits per heavy atom. The van der Waals surface area contributed by atoms with Gasteiger partial charge >= 0.3 is 0 Å². The van der Waals surface area contributed by atoms with Gasteiger partial charge in [0.2, 0.25) is 0 Å². The molecule has 0 radical (unpaired) electrons. The maximum Gasteiger partial charge on any atom is 0.0240 e. The van der Waals surface area contributed by atoms with E-state index in [4.69, 9.17) is 0 Å². The Balaban J connectivity index is 4.46. The van der Waals surface area contributed by atoms with Crippen LogP contribution in [-0.2, 0) is 0 Å². The third-order valence-corrected chi connectivity index (χ3v) is 3.47. The van der Waals surface area contributed by atoms with Crippen molar-refractivity contribution >= 4 is 0 Å². The number of nitrogens with zero attached hydrogens (tertiary/aromatic N) is 2. The van der Waals surface area contributed by atoms with Gasteiger partial charge in [-0.2, -0.15) is 0 Å². The summed E-state index contributed by atoms with van der Waals surface area (Å²) in [7, 11) is 6.35. The fourth-order valence-electron chi connectivity index (χ4n) is 2.30. The normalized spacial score (nSPS) is 16.6. The summed E-state index contributed by atoms with van der Waals surface area (Å²) in [5.74, 6) is 0. The van der Waals surface area contributed by atoms with E-state index in [-0.39, 0.29) is 0 Å². The van der Waals surface area contributed by atoms with Crippen LogP contribution < -0.4 is 5.32 Å². The van der Waals surface area contributed by atoms with Crippen molar-refractivity contribution in [1.82, 2.24) is 15.1 Å². The van der Waals surface area contributed by atoms with Crippen LogP contribution >= 0.6 is 0 Å². The monoisotopic (exact) mass is 243 g/mol. The Morgan fingerprint density at radius 2 is 1.65 bits per heavy atom. The topological polar surface area (TPSA) is 18.5 Å². The van der Waals surface area contributed by atoms with E-state index in [1.54, 1.807) is 0 Å². The number of nitrogens with one attached hydrogen (secondary N) is 1.